The Hall–Kier alpha value is -0.930. The minimum Gasteiger partial charge on any atom is -0.304 e. The van der Waals surface area contributed by atoms with Gasteiger partial charge in [0.05, 0.1) is 6.61 Å². The summed E-state index contributed by atoms with van der Waals surface area (Å²) in [5, 5.41) is 0. The maximum absolute atomic E-state index is 12.4. The topological polar surface area (TPSA) is 35.2 Å². The molecule has 0 unspecified atom stereocenters. The summed E-state index contributed by atoms with van der Waals surface area (Å²) in [5.41, 5.74) is 1.02. The summed E-state index contributed by atoms with van der Waals surface area (Å²) in [4.78, 5) is 4.38. The first-order valence-corrected chi connectivity index (χ1v) is 3.39. The molecule has 3 heteroatoms. The van der Waals surface area contributed by atoms with E-state index in [-0.39, 0.29) is 5.82 Å². The Morgan fingerprint density at radius 2 is 1.91 bits per heavy atom. The zero-order chi connectivity index (χ0) is 8.10. The molecule has 11 heavy (non-hydrogen) atoms. The predicted molar refractivity (Wildman–Crippen MR) is 40.2 cm³/mol. The number of hydrogen-bond acceptors (Lipinski definition) is 2. The summed E-state index contributed by atoms with van der Waals surface area (Å²) in [6.45, 7) is 0.464. The van der Waals surface area contributed by atoms with E-state index >= 15 is 0 Å². The molecule has 0 aliphatic heterocycles. The summed E-state index contributed by atoms with van der Waals surface area (Å²) in [6.07, 6.45) is 0.719. The number of nitrogens with two attached hydrogens (primary N) is 1. The quantitative estimate of drug-likeness (QED) is 0.667. The van der Waals surface area contributed by atoms with Crippen LogP contribution in [0.4, 0.5) is 4.39 Å². The Morgan fingerprint density at radius 3 is 2.45 bits per heavy atom. The fourth-order valence-corrected chi connectivity index (χ4v) is 0.828. The van der Waals surface area contributed by atoms with Gasteiger partial charge in [-0.15, -0.1) is 0 Å². The van der Waals surface area contributed by atoms with E-state index in [0.29, 0.717) is 6.61 Å². The molecule has 0 aliphatic rings. The third-order valence-electron chi connectivity index (χ3n) is 1.42. The summed E-state index contributed by atoms with van der Waals surface area (Å²) in [7, 11) is 0. The fourth-order valence-electron chi connectivity index (χ4n) is 0.828. The van der Waals surface area contributed by atoms with E-state index in [2.05, 4.69) is 4.84 Å². The zero-order valence-corrected chi connectivity index (χ0v) is 6.09. The molecule has 0 amide bonds. The third kappa shape index (κ3) is 2.65. The van der Waals surface area contributed by atoms with Gasteiger partial charge in [0.1, 0.15) is 5.82 Å². The van der Waals surface area contributed by atoms with Crippen LogP contribution in [0, 0.1) is 5.82 Å². The lowest BCUT2D eigenvalue weighted by Crippen LogP contribution is -2.03. The Morgan fingerprint density at radius 1 is 1.27 bits per heavy atom. The van der Waals surface area contributed by atoms with Gasteiger partial charge in [-0.2, -0.15) is 0 Å². The average Bonchev–Trinajstić information content (AvgIpc) is 2.04. The van der Waals surface area contributed by atoms with Gasteiger partial charge in [-0.1, -0.05) is 12.1 Å². The van der Waals surface area contributed by atoms with Gasteiger partial charge in [-0.3, -0.25) is 0 Å². The molecule has 0 atom stereocenters. The summed E-state index contributed by atoms with van der Waals surface area (Å²) < 4.78 is 12.4. The molecule has 0 spiro atoms. The van der Waals surface area contributed by atoms with Crippen LogP contribution in [0.5, 0.6) is 0 Å². The lowest BCUT2D eigenvalue weighted by molar-refractivity contribution is 0.141. The van der Waals surface area contributed by atoms with Crippen LogP contribution < -0.4 is 5.90 Å². The second-order valence-corrected chi connectivity index (χ2v) is 2.25. The Bertz CT molecular complexity index is 210. The van der Waals surface area contributed by atoms with Gasteiger partial charge in [-0.25, -0.2) is 10.3 Å². The molecule has 2 nitrogen and oxygen atoms in total. The SMILES string of the molecule is NOCCc1ccc(F)cc1. The minimum absolute atomic E-state index is 0.220. The van der Waals surface area contributed by atoms with Crippen molar-refractivity contribution in [2.75, 3.05) is 6.61 Å². The van der Waals surface area contributed by atoms with Gasteiger partial charge >= 0.3 is 0 Å². The van der Waals surface area contributed by atoms with Gasteiger partial charge in [0.2, 0.25) is 0 Å². The first kappa shape index (κ1) is 8.17. The molecule has 1 rings (SSSR count). The third-order valence-corrected chi connectivity index (χ3v) is 1.42. The van der Waals surface area contributed by atoms with Crippen molar-refractivity contribution in [2.24, 2.45) is 5.90 Å². The second-order valence-electron chi connectivity index (χ2n) is 2.25. The lowest BCUT2D eigenvalue weighted by Gasteiger charge is -1.98. The number of halogens is 1. The Kier molecular flexibility index (Phi) is 3.01. The molecule has 0 bridgehead atoms. The average molecular weight is 155 g/mol. The summed E-state index contributed by atoms with van der Waals surface area (Å²) in [6, 6.07) is 6.28. The van der Waals surface area contributed by atoms with Gasteiger partial charge in [0.25, 0.3) is 0 Å². The molecule has 1 aromatic rings. The Balaban J connectivity index is 2.52. The van der Waals surface area contributed by atoms with Crippen molar-refractivity contribution in [3.8, 4) is 0 Å². The van der Waals surface area contributed by atoms with E-state index in [9.17, 15) is 4.39 Å². The number of hydrogen-bond donors (Lipinski definition) is 1. The predicted octanol–water partition coefficient (Wildman–Crippen LogP) is 1.26. The highest BCUT2D eigenvalue weighted by atomic mass is 19.1. The molecule has 2 N–H and O–H groups in total. The van der Waals surface area contributed by atoms with Gasteiger partial charge < -0.3 is 4.84 Å². The zero-order valence-electron chi connectivity index (χ0n) is 6.09. The standard InChI is InChI=1S/C8H10FNO/c9-8-3-1-7(2-4-8)5-6-11-10/h1-4H,5-6,10H2. The molecule has 0 fully saturated rings. The van der Waals surface area contributed by atoms with Crippen LogP contribution in [0.3, 0.4) is 0 Å². The van der Waals surface area contributed by atoms with Crippen LogP contribution in [0.25, 0.3) is 0 Å². The smallest absolute Gasteiger partial charge is 0.123 e. The number of rotatable bonds is 3. The number of benzene rings is 1. The van der Waals surface area contributed by atoms with E-state index in [1.54, 1.807) is 12.1 Å². The normalized spacial score (nSPS) is 10.0. The van der Waals surface area contributed by atoms with E-state index in [1.807, 2.05) is 0 Å². The van der Waals surface area contributed by atoms with Crippen molar-refractivity contribution >= 4 is 0 Å². The van der Waals surface area contributed by atoms with Crippen LogP contribution in [0.1, 0.15) is 5.56 Å². The molecule has 0 radical (unpaired) electrons. The van der Waals surface area contributed by atoms with E-state index in [0.717, 1.165) is 12.0 Å². The first-order chi connectivity index (χ1) is 5.33. The van der Waals surface area contributed by atoms with Crippen molar-refractivity contribution in [3.05, 3.63) is 35.6 Å². The van der Waals surface area contributed by atoms with E-state index in [4.69, 9.17) is 5.90 Å². The first-order valence-electron chi connectivity index (χ1n) is 3.39. The molecular formula is C8H10FNO. The molecule has 0 saturated heterocycles. The molecule has 0 heterocycles. The van der Waals surface area contributed by atoms with Crippen LogP contribution in [-0.4, -0.2) is 6.61 Å². The highest BCUT2D eigenvalue weighted by Crippen LogP contribution is 2.02. The Labute approximate surface area is 64.7 Å². The highest BCUT2D eigenvalue weighted by molar-refractivity contribution is 5.15. The molecule has 0 aliphatic carbocycles. The lowest BCUT2D eigenvalue weighted by atomic mass is 10.2. The van der Waals surface area contributed by atoms with Crippen molar-refractivity contribution < 1.29 is 9.23 Å². The summed E-state index contributed by atoms with van der Waals surface area (Å²) in [5.74, 6) is 4.61. The molecule has 0 saturated carbocycles. The monoisotopic (exact) mass is 155 g/mol. The van der Waals surface area contributed by atoms with Gasteiger partial charge in [-0.05, 0) is 24.1 Å². The van der Waals surface area contributed by atoms with E-state index in [1.165, 1.54) is 12.1 Å². The summed E-state index contributed by atoms with van der Waals surface area (Å²) >= 11 is 0. The van der Waals surface area contributed by atoms with Crippen molar-refractivity contribution in [1.82, 2.24) is 0 Å². The van der Waals surface area contributed by atoms with Crippen LogP contribution in [-0.2, 0) is 11.3 Å². The van der Waals surface area contributed by atoms with Crippen LogP contribution in [0.15, 0.2) is 24.3 Å². The maximum Gasteiger partial charge on any atom is 0.123 e. The molecular weight excluding hydrogens is 145 g/mol. The van der Waals surface area contributed by atoms with Crippen LogP contribution in [0.2, 0.25) is 0 Å². The maximum atomic E-state index is 12.4. The van der Waals surface area contributed by atoms with E-state index < -0.39 is 0 Å². The molecule has 0 aromatic heterocycles. The minimum atomic E-state index is -0.220. The van der Waals surface area contributed by atoms with Crippen molar-refractivity contribution in [1.29, 1.82) is 0 Å². The molecule has 60 valence electrons. The van der Waals surface area contributed by atoms with Crippen LogP contribution >= 0.6 is 0 Å². The highest BCUT2D eigenvalue weighted by Gasteiger charge is 1.92. The fraction of sp³-hybridized carbons (Fsp3) is 0.250. The van der Waals surface area contributed by atoms with Crippen molar-refractivity contribution in [2.45, 2.75) is 6.42 Å². The van der Waals surface area contributed by atoms with Gasteiger partial charge in [0.15, 0.2) is 0 Å². The second kappa shape index (κ2) is 4.05. The van der Waals surface area contributed by atoms with Gasteiger partial charge in [0, 0.05) is 0 Å². The largest absolute Gasteiger partial charge is 0.304 e. The molecule has 1 aromatic carbocycles. The van der Waals surface area contributed by atoms with Crippen molar-refractivity contribution in [3.63, 3.8) is 0 Å².